The van der Waals surface area contributed by atoms with Crippen LogP contribution in [-0.2, 0) is 14.3 Å². The van der Waals surface area contributed by atoms with E-state index in [9.17, 15) is 14.4 Å². The molecule has 2 unspecified atom stereocenters. The summed E-state index contributed by atoms with van der Waals surface area (Å²) in [5, 5.41) is 12.2. The lowest BCUT2D eigenvalue weighted by molar-refractivity contribution is -0.136. The quantitative estimate of drug-likeness (QED) is 0.405. The molecule has 1 aliphatic rings. The van der Waals surface area contributed by atoms with Crippen molar-refractivity contribution in [1.82, 2.24) is 10.2 Å². The van der Waals surface area contributed by atoms with Crippen LogP contribution in [0, 0.1) is 5.41 Å². The predicted octanol–water partition coefficient (Wildman–Crippen LogP) is 5.37. The first-order valence-corrected chi connectivity index (χ1v) is 13.1. The molecule has 3 rings (SSSR count). The first-order valence-electron chi connectivity index (χ1n) is 12.3. The van der Waals surface area contributed by atoms with E-state index in [4.69, 9.17) is 38.0 Å². The highest BCUT2D eigenvalue weighted by Gasteiger charge is 2.41. The van der Waals surface area contributed by atoms with Gasteiger partial charge in [0.05, 0.1) is 18.6 Å². The number of amides is 2. The van der Waals surface area contributed by atoms with Crippen molar-refractivity contribution in [1.29, 1.82) is 0 Å². The van der Waals surface area contributed by atoms with Gasteiger partial charge in [-0.05, 0) is 48.2 Å². The Hall–Kier alpha value is -2.94. The van der Waals surface area contributed by atoms with Crippen molar-refractivity contribution in [2.75, 3.05) is 13.7 Å². The highest BCUT2D eigenvalue weighted by Crippen LogP contribution is 2.35. The Morgan fingerprint density at radius 3 is 2.26 bits per heavy atom. The molecule has 0 bridgehead atoms. The van der Waals surface area contributed by atoms with Crippen molar-refractivity contribution in [2.24, 2.45) is 10.4 Å². The lowest BCUT2D eigenvalue weighted by Gasteiger charge is -2.35. The summed E-state index contributed by atoms with van der Waals surface area (Å²) in [5.41, 5.74) is 1.86. The van der Waals surface area contributed by atoms with E-state index in [1.54, 1.807) is 54.5 Å². The maximum Gasteiger partial charge on any atom is 0.305 e. The summed E-state index contributed by atoms with van der Waals surface area (Å²) in [6.45, 7) is 8.18. The van der Waals surface area contributed by atoms with Crippen LogP contribution in [0.5, 0.6) is 0 Å². The van der Waals surface area contributed by atoms with Crippen LogP contribution in [0.3, 0.4) is 0 Å². The number of nitrogens with zero attached hydrogens (tertiary/aromatic N) is 2. The largest absolute Gasteiger partial charge is 0.481 e. The third-order valence-electron chi connectivity index (χ3n) is 6.54. The minimum Gasteiger partial charge on any atom is -0.481 e. The molecule has 2 N–H and O–H groups in total. The van der Waals surface area contributed by atoms with Crippen molar-refractivity contribution in [3.8, 4) is 0 Å². The van der Waals surface area contributed by atoms with Gasteiger partial charge in [-0.1, -0.05) is 56.1 Å². The Balaban J connectivity index is 1.90. The molecule has 3 atom stereocenters. The van der Waals surface area contributed by atoms with E-state index < -0.39 is 12.1 Å². The average molecular weight is 562 g/mol. The van der Waals surface area contributed by atoms with Gasteiger partial charge < -0.3 is 20.1 Å². The zero-order chi connectivity index (χ0) is 28.2. The molecule has 0 aromatic heterocycles. The Morgan fingerprint density at radius 2 is 1.74 bits per heavy atom. The fourth-order valence-electron chi connectivity index (χ4n) is 4.47. The van der Waals surface area contributed by atoms with Gasteiger partial charge in [-0.15, -0.1) is 0 Å². The van der Waals surface area contributed by atoms with Gasteiger partial charge in [-0.3, -0.25) is 19.4 Å². The van der Waals surface area contributed by atoms with Crippen molar-refractivity contribution < 1.29 is 24.2 Å². The number of aliphatic imine (C=N–C) groups is 1. The molecule has 0 spiro atoms. The highest BCUT2D eigenvalue weighted by atomic mass is 35.5. The number of hydrogen-bond donors (Lipinski definition) is 2. The monoisotopic (exact) mass is 561 g/mol. The van der Waals surface area contributed by atoms with E-state index >= 15 is 0 Å². The van der Waals surface area contributed by atoms with E-state index in [1.807, 2.05) is 6.92 Å². The van der Waals surface area contributed by atoms with Gasteiger partial charge in [0.15, 0.2) is 0 Å². The number of aliphatic carboxylic acids is 1. The molecule has 0 aliphatic carbocycles. The number of nitrogens with one attached hydrogen (secondary N) is 1. The predicted molar refractivity (Wildman–Crippen MR) is 148 cm³/mol. The van der Waals surface area contributed by atoms with Crippen LogP contribution in [-0.4, -0.2) is 59.4 Å². The molecule has 0 saturated carbocycles. The molecular weight excluding hydrogens is 529 g/mol. The molecule has 2 aromatic rings. The van der Waals surface area contributed by atoms with Crippen molar-refractivity contribution in [3.63, 3.8) is 0 Å². The van der Waals surface area contributed by atoms with Crippen molar-refractivity contribution in [2.45, 2.75) is 58.8 Å². The van der Waals surface area contributed by atoms with Crippen LogP contribution < -0.4 is 5.32 Å². The first kappa shape index (κ1) is 29.6. The molecule has 204 valence electrons. The number of hydrogen-bond acceptors (Lipinski definition) is 5. The molecule has 0 radical (unpaired) electrons. The number of carbonyl (C=O) groups is 3. The number of methoxy groups -OCH3 is 1. The fourth-order valence-corrected chi connectivity index (χ4v) is 4.99. The standard InChI is InChI=1S/C28H33Cl2N3O5/c1-16(17-6-8-18(9-7-17)26(36)31-11-10-24(34)35)33-23(15-22(38-5)28(2,3)4)32-25(27(33)37)19-12-20(29)14-21(30)13-19/h6-9,12-14,16,22-23H,10-11,15H2,1-5H3,(H,31,36)(H,34,35)/t16-,22?,23?/m1/s1. The van der Waals surface area contributed by atoms with Crippen molar-refractivity contribution in [3.05, 3.63) is 69.2 Å². The maximum atomic E-state index is 13.8. The maximum absolute atomic E-state index is 13.8. The summed E-state index contributed by atoms with van der Waals surface area (Å²) in [7, 11) is 1.65. The summed E-state index contributed by atoms with van der Waals surface area (Å²) in [6.07, 6.45) is -0.333. The number of carbonyl (C=O) groups excluding carboxylic acids is 2. The Bertz CT molecular complexity index is 1200. The van der Waals surface area contributed by atoms with Gasteiger partial charge in [0.25, 0.3) is 11.8 Å². The Labute approximate surface area is 233 Å². The van der Waals surface area contributed by atoms with Crippen LogP contribution >= 0.6 is 23.2 Å². The summed E-state index contributed by atoms with van der Waals surface area (Å²) in [5.74, 6) is -1.60. The number of rotatable bonds is 10. The van der Waals surface area contributed by atoms with Gasteiger partial charge >= 0.3 is 5.97 Å². The number of carboxylic acid groups (broad SMARTS) is 1. The molecule has 2 amide bonds. The number of carboxylic acids is 1. The molecule has 8 nitrogen and oxygen atoms in total. The second-order valence-corrected chi connectivity index (χ2v) is 11.2. The normalized spacial score (nSPS) is 17.2. The van der Waals surface area contributed by atoms with E-state index in [1.165, 1.54) is 0 Å². The van der Waals surface area contributed by atoms with E-state index in [0.29, 0.717) is 27.6 Å². The second kappa shape index (κ2) is 12.3. The van der Waals surface area contributed by atoms with Crippen LogP contribution in [0.15, 0.2) is 47.5 Å². The second-order valence-electron chi connectivity index (χ2n) is 10.4. The number of ether oxygens (including phenoxy) is 1. The summed E-state index contributed by atoms with van der Waals surface area (Å²) in [4.78, 5) is 43.4. The molecule has 2 aromatic carbocycles. The van der Waals surface area contributed by atoms with Crippen LogP contribution in [0.2, 0.25) is 10.0 Å². The lowest BCUT2D eigenvalue weighted by Crippen LogP contribution is -2.42. The van der Waals surface area contributed by atoms with E-state index in [-0.39, 0.29) is 48.1 Å². The third-order valence-corrected chi connectivity index (χ3v) is 6.98. The molecule has 0 fully saturated rings. The lowest BCUT2D eigenvalue weighted by atomic mass is 9.86. The van der Waals surface area contributed by atoms with Gasteiger partial charge in [0.2, 0.25) is 0 Å². The van der Waals surface area contributed by atoms with Crippen LogP contribution in [0.4, 0.5) is 0 Å². The highest BCUT2D eigenvalue weighted by molar-refractivity contribution is 6.47. The van der Waals surface area contributed by atoms with Gasteiger partial charge in [-0.2, -0.15) is 0 Å². The molecule has 38 heavy (non-hydrogen) atoms. The Morgan fingerprint density at radius 1 is 1.13 bits per heavy atom. The van der Waals surface area contributed by atoms with Gasteiger partial charge in [0, 0.05) is 41.2 Å². The third kappa shape index (κ3) is 7.12. The van der Waals surface area contributed by atoms with E-state index in [2.05, 4.69) is 26.1 Å². The smallest absolute Gasteiger partial charge is 0.305 e. The summed E-state index contributed by atoms with van der Waals surface area (Å²) >= 11 is 12.4. The zero-order valence-electron chi connectivity index (χ0n) is 22.1. The molecular formula is C28H33Cl2N3O5. The van der Waals surface area contributed by atoms with E-state index in [0.717, 1.165) is 5.56 Å². The van der Waals surface area contributed by atoms with Gasteiger partial charge in [-0.25, -0.2) is 0 Å². The van der Waals surface area contributed by atoms with Crippen LogP contribution in [0.25, 0.3) is 0 Å². The molecule has 0 saturated heterocycles. The summed E-state index contributed by atoms with van der Waals surface area (Å²) < 4.78 is 5.78. The Kier molecular flexibility index (Phi) is 9.57. The SMILES string of the molecule is COC(CC1N=C(c2cc(Cl)cc(Cl)c2)C(=O)N1[C@H](C)c1ccc(C(=O)NCCC(=O)O)cc1)C(C)(C)C. The molecule has 1 heterocycles. The first-order chi connectivity index (χ1) is 17.8. The molecule has 1 aliphatic heterocycles. The topological polar surface area (TPSA) is 108 Å². The fraction of sp³-hybridized carbons (Fsp3) is 0.429. The number of halogens is 2. The van der Waals surface area contributed by atoms with Crippen molar-refractivity contribution >= 4 is 46.7 Å². The average Bonchev–Trinajstić information content (AvgIpc) is 3.16. The van der Waals surface area contributed by atoms with Gasteiger partial charge in [0.1, 0.15) is 11.9 Å². The minimum absolute atomic E-state index is 0.0400. The minimum atomic E-state index is -0.983. The zero-order valence-corrected chi connectivity index (χ0v) is 23.6. The number of benzene rings is 2. The van der Waals surface area contributed by atoms with Crippen LogP contribution in [0.1, 0.15) is 68.1 Å². The summed E-state index contributed by atoms with van der Waals surface area (Å²) in [6, 6.07) is 11.5. The molecule has 10 heteroatoms.